The van der Waals surface area contributed by atoms with Crippen molar-refractivity contribution in [3.05, 3.63) is 70.5 Å². The third kappa shape index (κ3) is 4.60. The van der Waals surface area contributed by atoms with Crippen molar-refractivity contribution in [1.29, 1.82) is 0 Å². The summed E-state index contributed by atoms with van der Waals surface area (Å²) in [5.74, 6) is 0.259. The van der Waals surface area contributed by atoms with E-state index in [1.807, 2.05) is 6.07 Å². The van der Waals surface area contributed by atoms with E-state index in [0.717, 1.165) is 5.56 Å². The minimum Gasteiger partial charge on any atom is -0.368 e. The lowest BCUT2D eigenvalue weighted by atomic mass is 10.2. The number of rotatable bonds is 6. The highest BCUT2D eigenvalue weighted by Gasteiger charge is 2.39. The zero-order chi connectivity index (χ0) is 18.6. The molecule has 1 aromatic carbocycles. The van der Waals surface area contributed by atoms with Crippen molar-refractivity contribution >= 4 is 16.9 Å². The quantitative estimate of drug-likeness (QED) is 0.630. The van der Waals surface area contributed by atoms with Gasteiger partial charge in [-0.05, 0) is 23.8 Å². The number of nitrogens with one attached hydrogen (secondary N) is 3. The molecular weight excluding hydrogens is 345 g/mol. The summed E-state index contributed by atoms with van der Waals surface area (Å²) in [6.45, 7) is -0.281. The van der Waals surface area contributed by atoms with Crippen LogP contribution in [-0.2, 0) is 6.54 Å². The Morgan fingerprint density at radius 2 is 1.77 bits per heavy atom. The first-order chi connectivity index (χ1) is 12.4. The summed E-state index contributed by atoms with van der Waals surface area (Å²) >= 11 is 0. The van der Waals surface area contributed by atoms with Crippen LogP contribution in [-0.4, -0.2) is 28.7 Å². The Bertz CT molecular complexity index is 925. The highest BCUT2D eigenvalue weighted by molar-refractivity contribution is 5.76. The Hall–Kier alpha value is -2.87. The number of anilines is 1. The number of hydrogen-bond donors (Lipinski definition) is 3. The van der Waals surface area contributed by atoms with Gasteiger partial charge < -0.3 is 15.6 Å². The van der Waals surface area contributed by atoms with E-state index in [0.29, 0.717) is 11.0 Å². The number of H-pyrrole nitrogens is 1. The number of pyridine rings is 2. The molecule has 2 aromatic heterocycles. The van der Waals surface area contributed by atoms with Crippen LogP contribution in [0.25, 0.3) is 11.0 Å². The van der Waals surface area contributed by atoms with Gasteiger partial charge in [0.1, 0.15) is 17.5 Å². The predicted octanol–water partition coefficient (Wildman–Crippen LogP) is 3.06. The van der Waals surface area contributed by atoms with Crippen molar-refractivity contribution in [2.24, 2.45) is 0 Å². The molecule has 3 rings (SSSR count). The summed E-state index contributed by atoms with van der Waals surface area (Å²) < 4.78 is 39.8. The third-order valence-electron chi connectivity index (χ3n) is 3.86. The zero-order valence-corrected chi connectivity index (χ0v) is 13.7. The molecular formula is C18H17F3N4O. The van der Waals surface area contributed by atoms with Gasteiger partial charge in [-0.3, -0.25) is 4.79 Å². The molecule has 8 heteroatoms. The number of alkyl halides is 3. The molecule has 3 N–H and O–H groups in total. The molecule has 0 aliphatic carbocycles. The average molecular weight is 362 g/mol. The van der Waals surface area contributed by atoms with E-state index in [1.54, 1.807) is 42.5 Å². The second-order valence-electron chi connectivity index (χ2n) is 5.80. The standard InChI is InChI=1S/C18H17F3N4O/c19-18(20,21)14(22-10-12-4-2-1-3-5-12)11-23-15-8-6-13-7-9-16(26)25-17(13)24-15/h1-9,14,22H,10-11H2,(H2,23,24,25,26). The van der Waals surface area contributed by atoms with E-state index in [2.05, 4.69) is 20.6 Å². The van der Waals surface area contributed by atoms with Gasteiger partial charge in [0.05, 0.1) is 0 Å². The first-order valence-corrected chi connectivity index (χ1v) is 8.00. The van der Waals surface area contributed by atoms with Gasteiger partial charge in [-0.25, -0.2) is 4.98 Å². The lowest BCUT2D eigenvalue weighted by Crippen LogP contribution is -2.46. The van der Waals surface area contributed by atoms with Crippen LogP contribution in [0.15, 0.2) is 59.4 Å². The van der Waals surface area contributed by atoms with Gasteiger partial charge in [-0.2, -0.15) is 13.2 Å². The molecule has 0 fully saturated rings. The number of benzene rings is 1. The molecule has 0 spiro atoms. The minimum absolute atomic E-state index is 0.102. The summed E-state index contributed by atoms with van der Waals surface area (Å²) in [6.07, 6.45) is -4.41. The molecule has 0 aliphatic rings. The fraction of sp³-hybridized carbons (Fsp3) is 0.222. The van der Waals surface area contributed by atoms with E-state index >= 15 is 0 Å². The van der Waals surface area contributed by atoms with Crippen LogP contribution in [0.2, 0.25) is 0 Å². The van der Waals surface area contributed by atoms with Crippen LogP contribution in [0.5, 0.6) is 0 Å². The number of halogens is 3. The summed E-state index contributed by atoms with van der Waals surface area (Å²) in [6, 6.07) is 13.4. The van der Waals surface area contributed by atoms with Crippen LogP contribution in [0.4, 0.5) is 19.0 Å². The lowest BCUT2D eigenvalue weighted by molar-refractivity contribution is -0.152. The first kappa shape index (κ1) is 17.9. The Balaban J connectivity index is 1.68. The fourth-order valence-electron chi connectivity index (χ4n) is 2.47. The summed E-state index contributed by atoms with van der Waals surface area (Å²) in [7, 11) is 0. The maximum Gasteiger partial charge on any atom is 0.405 e. The SMILES string of the molecule is O=c1ccc2ccc(NCC(NCc3ccccc3)C(F)(F)F)nc2[nH]1. The zero-order valence-electron chi connectivity index (χ0n) is 13.7. The molecule has 0 saturated heterocycles. The highest BCUT2D eigenvalue weighted by atomic mass is 19.4. The molecule has 2 heterocycles. The van der Waals surface area contributed by atoms with Gasteiger partial charge in [-0.15, -0.1) is 0 Å². The third-order valence-corrected chi connectivity index (χ3v) is 3.86. The molecule has 0 amide bonds. The van der Waals surface area contributed by atoms with Crippen LogP contribution >= 0.6 is 0 Å². The topological polar surface area (TPSA) is 69.8 Å². The first-order valence-electron chi connectivity index (χ1n) is 8.00. The van der Waals surface area contributed by atoms with Crippen molar-refractivity contribution in [3.63, 3.8) is 0 Å². The molecule has 0 aliphatic heterocycles. The molecule has 0 saturated carbocycles. The maximum atomic E-state index is 13.3. The lowest BCUT2D eigenvalue weighted by Gasteiger charge is -2.22. The summed E-state index contributed by atoms with van der Waals surface area (Å²) in [5.41, 5.74) is 0.770. The molecule has 0 radical (unpaired) electrons. The van der Waals surface area contributed by atoms with Gasteiger partial charge in [0, 0.05) is 24.5 Å². The van der Waals surface area contributed by atoms with Gasteiger partial charge in [0.2, 0.25) is 5.56 Å². The van der Waals surface area contributed by atoms with E-state index in [-0.39, 0.29) is 24.5 Å². The van der Waals surface area contributed by atoms with Crippen molar-refractivity contribution in [3.8, 4) is 0 Å². The van der Waals surface area contributed by atoms with Crippen LogP contribution in [0.1, 0.15) is 5.56 Å². The van der Waals surface area contributed by atoms with Crippen molar-refractivity contribution in [2.45, 2.75) is 18.8 Å². The average Bonchev–Trinajstić information content (AvgIpc) is 2.61. The number of aromatic amines is 1. The van der Waals surface area contributed by atoms with Crippen molar-refractivity contribution < 1.29 is 13.2 Å². The molecule has 1 atom stereocenters. The van der Waals surface area contributed by atoms with Gasteiger partial charge in [-0.1, -0.05) is 30.3 Å². The number of fused-ring (bicyclic) bond motifs is 1. The van der Waals surface area contributed by atoms with Crippen LogP contribution in [0, 0.1) is 0 Å². The molecule has 3 aromatic rings. The Kier molecular flexibility index (Phi) is 5.22. The maximum absolute atomic E-state index is 13.3. The largest absolute Gasteiger partial charge is 0.405 e. The molecule has 0 bridgehead atoms. The summed E-state index contributed by atoms with van der Waals surface area (Å²) in [5, 5.41) is 5.90. The Morgan fingerprint density at radius 3 is 2.50 bits per heavy atom. The second-order valence-corrected chi connectivity index (χ2v) is 5.80. The Morgan fingerprint density at radius 1 is 1.04 bits per heavy atom. The normalized spacial score (nSPS) is 12.9. The summed E-state index contributed by atoms with van der Waals surface area (Å²) in [4.78, 5) is 18.0. The monoisotopic (exact) mass is 362 g/mol. The fourth-order valence-corrected chi connectivity index (χ4v) is 2.47. The Labute approximate surface area is 147 Å². The van der Waals surface area contributed by atoms with Crippen molar-refractivity contribution in [2.75, 3.05) is 11.9 Å². The second kappa shape index (κ2) is 7.57. The van der Waals surface area contributed by atoms with Gasteiger partial charge in [0.15, 0.2) is 0 Å². The van der Waals surface area contributed by atoms with Gasteiger partial charge in [0.25, 0.3) is 0 Å². The molecule has 26 heavy (non-hydrogen) atoms. The number of aromatic nitrogens is 2. The van der Waals surface area contributed by atoms with Crippen molar-refractivity contribution in [1.82, 2.24) is 15.3 Å². The minimum atomic E-state index is -4.41. The molecule has 136 valence electrons. The van der Waals surface area contributed by atoms with Crippen LogP contribution < -0.4 is 16.2 Å². The van der Waals surface area contributed by atoms with E-state index in [1.165, 1.54) is 6.07 Å². The number of hydrogen-bond acceptors (Lipinski definition) is 4. The van der Waals surface area contributed by atoms with E-state index in [4.69, 9.17) is 0 Å². The highest BCUT2D eigenvalue weighted by Crippen LogP contribution is 2.21. The molecule has 5 nitrogen and oxygen atoms in total. The van der Waals surface area contributed by atoms with E-state index < -0.39 is 12.2 Å². The number of nitrogens with zero attached hydrogens (tertiary/aromatic N) is 1. The van der Waals surface area contributed by atoms with Gasteiger partial charge >= 0.3 is 6.18 Å². The smallest absolute Gasteiger partial charge is 0.368 e. The van der Waals surface area contributed by atoms with E-state index in [9.17, 15) is 18.0 Å². The molecule has 1 unspecified atom stereocenters. The van der Waals surface area contributed by atoms with Crippen LogP contribution in [0.3, 0.4) is 0 Å². The predicted molar refractivity (Wildman–Crippen MR) is 94.0 cm³/mol.